The maximum atomic E-state index is 11.2. The lowest BCUT2D eigenvalue weighted by molar-refractivity contribution is -0.148. The summed E-state index contributed by atoms with van der Waals surface area (Å²) >= 11 is 0. The number of hydrogen-bond acceptors (Lipinski definition) is 2. The van der Waals surface area contributed by atoms with Crippen molar-refractivity contribution in [2.24, 2.45) is 0 Å². The molecule has 0 bridgehead atoms. The Kier molecular flexibility index (Phi) is 4.87. The summed E-state index contributed by atoms with van der Waals surface area (Å²) in [4.78, 5) is 11.2. The summed E-state index contributed by atoms with van der Waals surface area (Å²) in [5, 5.41) is 0. The van der Waals surface area contributed by atoms with Gasteiger partial charge in [-0.15, -0.1) is 0 Å². The van der Waals surface area contributed by atoms with E-state index >= 15 is 0 Å². The highest BCUT2D eigenvalue weighted by Crippen LogP contribution is 2.14. The highest BCUT2D eigenvalue weighted by Gasteiger charge is 2.09. The molecule has 1 unspecified atom stereocenters. The van der Waals surface area contributed by atoms with Gasteiger partial charge in [0.1, 0.15) is 0 Å². The fourth-order valence-electron chi connectivity index (χ4n) is 1.75. The molecule has 0 amide bonds. The van der Waals surface area contributed by atoms with E-state index in [1.54, 1.807) is 0 Å². The van der Waals surface area contributed by atoms with E-state index in [-0.39, 0.29) is 12.1 Å². The van der Waals surface area contributed by atoms with Crippen molar-refractivity contribution in [1.82, 2.24) is 0 Å². The minimum absolute atomic E-state index is 0.00519. The van der Waals surface area contributed by atoms with Crippen LogP contribution < -0.4 is 0 Å². The molecular formula is C11H20O2. The average molecular weight is 184 g/mol. The van der Waals surface area contributed by atoms with Crippen molar-refractivity contribution in [2.45, 2.75) is 64.4 Å². The Hall–Kier alpha value is -0.530. The van der Waals surface area contributed by atoms with Gasteiger partial charge in [0.2, 0.25) is 0 Å². The Morgan fingerprint density at radius 3 is 2.46 bits per heavy atom. The largest absolute Gasteiger partial charge is 0.463 e. The molecule has 0 aromatic rings. The summed E-state index contributed by atoms with van der Waals surface area (Å²) in [6.07, 6.45) is 9.06. The summed E-state index contributed by atoms with van der Waals surface area (Å²) in [7, 11) is 0. The summed E-state index contributed by atoms with van der Waals surface area (Å²) < 4.78 is 5.24. The highest BCUT2D eigenvalue weighted by molar-refractivity contribution is 5.69. The molecule has 1 rings (SSSR count). The van der Waals surface area contributed by atoms with E-state index in [0.29, 0.717) is 6.42 Å². The smallest absolute Gasteiger partial charge is 0.306 e. The normalized spacial score (nSPS) is 27.5. The molecule has 2 nitrogen and oxygen atoms in total. The molecule has 0 aliphatic carbocycles. The molecule has 1 atom stereocenters. The molecule has 0 spiro atoms. The zero-order valence-electron chi connectivity index (χ0n) is 8.55. The van der Waals surface area contributed by atoms with Crippen molar-refractivity contribution in [3.8, 4) is 0 Å². The molecule has 0 aromatic carbocycles. The first-order valence-corrected chi connectivity index (χ1v) is 5.48. The van der Waals surface area contributed by atoms with Gasteiger partial charge in [-0.05, 0) is 26.2 Å². The van der Waals surface area contributed by atoms with Crippen molar-refractivity contribution in [3.05, 3.63) is 0 Å². The van der Waals surface area contributed by atoms with E-state index in [1.807, 2.05) is 6.92 Å². The molecule has 2 heteroatoms. The van der Waals surface area contributed by atoms with Crippen molar-refractivity contribution in [2.75, 3.05) is 0 Å². The maximum Gasteiger partial charge on any atom is 0.306 e. The van der Waals surface area contributed by atoms with Crippen LogP contribution in [0.2, 0.25) is 0 Å². The molecule has 1 fully saturated rings. The molecule has 76 valence electrons. The minimum Gasteiger partial charge on any atom is -0.463 e. The van der Waals surface area contributed by atoms with Crippen molar-refractivity contribution < 1.29 is 9.53 Å². The second-order valence-electron chi connectivity index (χ2n) is 3.96. The van der Waals surface area contributed by atoms with Crippen LogP contribution in [-0.2, 0) is 9.53 Å². The van der Waals surface area contributed by atoms with Gasteiger partial charge in [-0.2, -0.15) is 0 Å². The van der Waals surface area contributed by atoms with Gasteiger partial charge in [0.15, 0.2) is 0 Å². The number of cyclic esters (lactones) is 1. The first-order chi connectivity index (χ1) is 6.29. The van der Waals surface area contributed by atoms with Crippen LogP contribution in [0.4, 0.5) is 0 Å². The Bertz CT molecular complexity index is 154. The van der Waals surface area contributed by atoms with E-state index in [9.17, 15) is 4.79 Å². The summed E-state index contributed by atoms with van der Waals surface area (Å²) in [6.45, 7) is 2.00. The van der Waals surface area contributed by atoms with Crippen LogP contribution in [0.1, 0.15) is 58.3 Å². The van der Waals surface area contributed by atoms with Crippen LogP contribution in [0, 0.1) is 0 Å². The third-order valence-corrected chi connectivity index (χ3v) is 2.57. The SMILES string of the molecule is CC1CCCCCCCCC(=O)O1. The molecule has 1 aliphatic rings. The van der Waals surface area contributed by atoms with E-state index in [4.69, 9.17) is 4.74 Å². The number of carbonyl (C=O) groups is 1. The lowest BCUT2D eigenvalue weighted by atomic mass is 10.1. The van der Waals surface area contributed by atoms with Gasteiger partial charge < -0.3 is 4.74 Å². The van der Waals surface area contributed by atoms with Crippen LogP contribution in [0.25, 0.3) is 0 Å². The number of carbonyl (C=O) groups excluding carboxylic acids is 1. The number of hydrogen-bond donors (Lipinski definition) is 0. The highest BCUT2D eigenvalue weighted by atomic mass is 16.5. The lowest BCUT2D eigenvalue weighted by Crippen LogP contribution is -2.14. The van der Waals surface area contributed by atoms with Crippen LogP contribution in [0.15, 0.2) is 0 Å². The first kappa shape index (κ1) is 10.6. The first-order valence-electron chi connectivity index (χ1n) is 5.48. The second-order valence-corrected chi connectivity index (χ2v) is 3.96. The quantitative estimate of drug-likeness (QED) is 0.541. The van der Waals surface area contributed by atoms with Gasteiger partial charge in [0.05, 0.1) is 6.10 Å². The van der Waals surface area contributed by atoms with Gasteiger partial charge in [0, 0.05) is 6.42 Å². The Labute approximate surface area is 80.7 Å². The van der Waals surface area contributed by atoms with Gasteiger partial charge >= 0.3 is 5.97 Å². The minimum atomic E-state index is -0.00519. The lowest BCUT2D eigenvalue weighted by Gasteiger charge is -2.11. The van der Waals surface area contributed by atoms with Crippen LogP contribution >= 0.6 is 0 Å². The molecule has 0 aromatic heterocycles. The summed E-state index contributed by atoms with van der Waals surface area (Å²) in [6, 6.07) is 0. The van der Waals surface area contributed by atoms with Crippen molar-refractivity contribution >= 4 is 5.97 Å². The van der Waals surface area contributed by atoms with Crippen LogP contribution in [0.5, 0.6) is 0 Å². The van der Waals surface area contributed by atoms with E-state index in [0.717, 1.165) is 12.8 Å². The third-order valence-electron chi connectivity index (χ3n) is 2.57. The van der Waals surface area contributed by atoms with Gasteiger partial charge in [-0.25, -0.2) is 0 Å². The van der Waals surface area contributed by atoms with Crippen LogP contribution in [-0.4, -0.2) is 12.1 Å². The Morgan fingerprint density at radius 1 is 1.08 bits per heavy atom. The Balaban J connectivity index is 2.29. The zero-order chi connectivity index (χ0) is 9.52. The standard InChI is InChI=1S/C11H20O2/c1-10-8-6-4-2-3-5-7-9-11(12)13-10/h10H,2-9H2,1H3. The number of esters is 1. The molecule has 1 heterocycles. The molecule has 0 saturated carbocycles. The van der Waals surface area contributed by atoms with E-state index in [1.165, 1.54) is 32.1 Å². The summed E-state index contributed by atoms with van der Waals surface area (Å²) in [5.41, 5.74) is 0. The predicted molar refractivity (Wildman–Crippen MR) is 52.5 cm³/mol. The van der Waals surface area contributed by atoms with E-state index < -0.39 is 0 Å². The van der Waals surface area contributed by atoms with Gasteiger partial charge in [-0.1, -0.05) is 25.7 Å². The summed E-state index contributed by atoms with van der Waals surface area (Å²) in [5.74, 6) is -0.00519. The zero-order valence-corrected chi connectivity index (χ0v) is 8.55. The second kappa shape index (κ2) is 6.01. The molecule has 0 N–H and O–H groups in total. The van der Waals surface area contributed by atoms with Crippen molar-refractivity contribution in [1.29, 1.82) is 0 Å². The monoisotopic (exact) mass is 184 g/mol. The van der Waals surface area contributed by atoms with E-state index in [2.05, 4.69) is 0 Å². The topological polar surface area (TPSA) is 26.3 Å². The molecule has 1 saturated heterocycles. The number of ether oxygens (including phenoxy) is 1. The molecule has 0 radical (unpaired) electrons. The molecular weight excluding hydrogens is 164 g/mol. The van der Waals surface area contributed by atoms with Gasteiger partial charge in [0.25, 0.3) is 0 Å². The fraction of sp³-hybridized carbons (Fsp3) is 0.909. The molecule has 1 aliphatic heterocycles. The van der Waals surface area contributed by atoms with Gasteiger partial charge in [-0.3, -0.25) is 4.79 Å². The Morgan fingerprint density at radius 2 is 1.69 bits per heavy atom. The molecule has 13 heavy (non-hydrogen) atoms. The predicted octanol–water partition coefficient (Wildman–Crippen LogP) is 3.05. The maximum absolute atomic E-state index is 11.2. The average Bonchev–Trinajstić information content (AvgIpc) is 2.11. The fourth-order valence-corrected chi connectivity index (χ4v) is 1.75. The van der Waals surface area contributed by atoms with Crippen LogP contribution in [0.3, 0.4) is 0 Å². The number of rotatable bonds is 0. The van der Waals surface area contributed by atoms with Crippen molar-refractivity contribution in [3.63, 3.8) is 0 Å². The third kappa shape index (κ3) is 4.91.